The predicted octanol–water partition coefficient (Wildman–Crippen LogP) is 3.81. The van der Waals surface area contributed by atoms with Gasteiger partial charge in [-0.25, -0.2) is 10.8 Å². The lowest BCUT2D eigenvalue weighted by Gasteiger charge is -2.10. The fourth-order valence-electron chi connectivity index (χ4n) is 0.991. The zero-order chi connectivity index (χ0) is 12.1. The van der Waals surface area contributed by atoms with E-state index >= 15 is 0 Å². The molecule has 0 amide bonds. The van der Waals surface area contributed by atoms with Crippen molar-refractivity contribution in [3.63, 3.8) is 0 Å². The van der Waals surface area contributed by atoms with Crippen LogP contribution < -0.4 is 11.3 Å². The van der Waals surface area contributed by atoms with Crippen LogP contribution in [0, 0.1) is 5.92 Å². The van der Waals surface area contributed by atoms with Gasteiger partial charge in [-0.15, -0.1) is 11.8 Å². The van der Waals surface area contributed by atoms with Crippen LogP contribution in [0.3, 0.4) is 0 Å². The summed E-state index contributed by atoms with van der Waals surface area (Å²) in [7, 11) is 0. The number of hydrogen-bond acceptors (Lipinski definition) is 4. The van der Waals surface area contributed by atoms with Crippen molar-refractivity contribution in [1.82, 2.24) is 4.98 Å². The van der Waals surface area contributed by atoms with E-state index in [1.807, 2.05) is 0 Å². The standard InChI is InChI=1S/C10H15Cl2N3S/c1-3-6(2)5-16-10-8(12)4-7(11)9(14-10)15-13/h4,6H,3,5,13H2,1-2H3,(H,14,15). The highest BCUT2D eigenvalue weighted by Crippen LogP contribution is 2.32. The number of anilines is 1. The molecule has 16 heavy (non-hydrogen) atoms. The maximum absolute atomic E-state index is 6.05. The van der Waals surface area contributed by atoms with Crippen molar-refractivity contribution in [2.24, 2.45) is 11.8 Å². The lowest BCUT2D eigenvalue weighted by molar-refractivity contribution is 0.636. The second kappa shape index (κ2) is 6.55. The van der Waals surface area contributed by atoms with Crippen molar-refractivity contribution in [2.75, 3.05) is 11.2 Å². The molecular formula is C10H15Cl2N3S. The average Bonchev–Trinajstić information content (AvgIpc) is 2.27. The first kappa shape index (κ1) is 13.9. The maximum Gasteiger partial charge on any atom is 0.160 e. The van der Waals surface area contributed by atoms with E-state index in [2.05, 4.69) is 24.3 Å². The molecule has 0 aliphatic carbocycles. The lowest BCUT2D eigenvalue weighted by Crippen LogP contribution is -2.09. The van der Waals surface area contributed by atoms with Crippen LogP contribution in [0.2, 0.25) is 10.0 Å². The number of nitrogens with one attached hydrogen (secondary N) is 1. The van der Waals surface area contributed by atoms with Gasteiger partial charge in [0.05, 0.1) is 10.0 Å². The van der Waals surface area contributed by atoms with Gasteiger partial charge in [-0.1, -0.05) is 43.5 Å². The Morgan fingerprint density at radius 3 is 2.75 bits per heavy atom. The first-order valence-electron chi connectivity index (χ1n) is 5.03. The molecule has 1 aromatic rings. The molecular weight excluding hydrogens is 265 g/mol. The number of nitrogens with zero attached hydrogens (tertiary/aromatic N) is 1. The first-order valence-corrected chi connectivity index (χ1v) is 6.78. The van der Waals surface area contributed by atoms with Crippen molar-refractivity contribution in [2.45, 2.75) is 25.3 Å². The average molecular weight is 280 g/mol. The normalized spacial score (nSPS) is 12.6. The third-order valence-corrected chi connectivity index (χ3v) is 4.24. The monoisotopic (exact) mass is 279 g/mol. The Labute approximate surface area is 110 Å². The topological polar surface area (TPSA) is 50.9 Å². The van der Waals surface area contributed by atoms with Gasteiger partial charge < -0.3 is 5.43 Å². The summed E-state index contributed by atoms with van der Waals surface area (Å²) >= 11 is 13.6. The summed E-state index contributed by atoms with van der Waals surface area (Å²) in [6.07, 6.45) is 1.14. The van der Waals surface area contributed by atoms with Gasteiger partial charge in [0, 0.05) is 5.75 Å². The highest BCUT2D eigenvalue weighted by molar-refractivity contribution is 7.99. The van der Waals surface area contributed by atoms with Crippen molar-refractivity contribution >= 4 is 40.8 Å². The number of pyridine rings is 1. The van der Waals surface area contributed by atoms with Gasteiger partial charge in [0.2, 0.25) is 0 Å². The molecule has 0 saturated carbocycles. The second-order valence-corrected chi connectivity index (χ2v) is 5.40. The van der Waals surface area contributed by atoms with Crippen LogP contribution >= 0.6 is 35.0 Å². The van der Waals surface area contributed by atoms with Crippen LogP contribution in [0.4, 0.5) is 5.82 Å². The lowest BCUT2D eigenvalue weighted by atomic mass is 10.2. The highest BCUT2D eigenvalue weighted by Gasteiger charge is 2.10. The summed E-state index contributed by atoms with van der Waals surface area (Å²) in [4.78, 5) is 4.26. The number of hydrazine groups is 1. The molecule has 0 spiro atoms. The molecule has 0 radical (unpaired) electrons. The fraction of sp³-hybridized carbons (Fsp3) is 0.500. The molecule has 0 saturated heterocycles. The summed E-state index contributed by atoms with van der Waals surface area (Å²) in [6, 6.07) is 1.66. The van der Waals surface area contributed by atoms with Crippen molar-refractivity contribution in [3.05, 3.63) is 16.1 Å². The van der Waals surface area contributed by atoms with Gasteiger partial charge in [0.25, 0.3) is 0 Å². The molecule has 1 aromatic heterocycles. The van der Waals surface area contributed by atoms with E-state index in [1.165, 1.54) is 0 Å². The van der Waals surface area contributed by atoms with E-state index in [-0.39, 0.29) is 0 Å². The van der Waals surface area contributed by atoms with Crippen LogP contribution in [0.25, 0.3) is 0 Å². The quantitative estimate of drug-likeness (QED) is 0.489. The molecule has 3 N–H and O–H groups in total. The SMILES string of the molecule is CCC(C)CSc1nc(NN)c(Cl)cc1Cl. The smallest absolute Gasteiger partial charge is 0.160 e. The molecule has 6 heteroatoms. The Morgan fingerprint density at radius 2 is 2.19 bits per heavy atom. The number of nitrogens with two attached hydrogens (primary N) is 1. The van der Waals surface area contributed by atoms with Gasteiger partial charge in [-0.05, 0) is 12.0 Å². The molecule has 1 rings (SSSR count). The molecule has 1 atom stereocenters. The molecule has 0 aromatic carbocycles. The van der Waals surface area contributed by atoms with Crippen LogP contribution in [-0.4, -0.2) is 10.7 Å². The minimum atomic E-state index is 0.431. The molecule has 1 heterocycles. The largest absolute Gasteiger partial charge is 0.307 e. The van der Waals surface area contributed by atoms with E-state index < -0.39 is 0 Å². The Morgan fingerprint density at radius 1 is 1.50 bits per heavy atom. The van der Waals surface area contributed by atoms with Gasteiger partial charge in [0.15, 0.2) is 5.82 Å². The highest BCUT2D eigenvalue weighted by atomic mass is 35.5. The summed E-state index contributed by atoms with van der Waals surface area (Å²) in [5, 5.41) is 1.76. The molecule has 0 aliphatic heterocycles. The van der Waals surface area contributed by atoms with E-state index in [4.69, 9.17) is 29.0 Å². The molecule has 0 aliphatic rings. The number of thioether (sulfide) groups is 1. The van der Waals surface area contributed by atoms with Crippen molar-refractivity contribution < 1.29 is 0 Å². The van der Waals surface area contributed by atoms with Crippen molar-refractivity contribution in [1.29, 1.82) is 0 Å². The molecule has 1 unspecified atom stereocenters. The zero-order valence-electron chi connectivity index (χ0n) is 9.26. The summed E-state index contributed by atoms with van der Waals surface area (Å²) in [5.41, 5.74) is 2.45. The summed E-state index contributed by atoms with van der Waals surface area (Å²) in [6.45, 7) is 4.36. The van der Waals surface area contributed by atoms with Gasteiger partial charge in [0.1, 0.15) is 5.03 Å². The number of rotatable bonds is 5. The first-order chi connectivity index (χ1) is 7.58. The number of nitrogen functional groups attached to an aromatic ring is 1. The summed E-state index contributed by atoms with van der Waals surface area (Å²) in [5.74, 6) is 7.37. The third kappa shape index (κ3) is 3.70. The Balaban J connectivity index is 2.79. The van der Waals surface area contributed by atoms with Crippen molar-refractivity contribution in [3.8, 4) is 0 Å². The molecule has 0 bridgehead atoms. The Kier molecular flexibility index (Phi) is 5.69. The number of halogens is 2. The molecule has 0 fully saturated rings. The van der Waals surface area contributed by atoms with Crippen LogP contribution in [0.5, 0.6) is 0 Å². The zero-order valence-corrected chi connectivity index (χ0v) is 11.6. The van der Waals surface area contributed by atoms with E-state index in [0.29, 0.717) is 21.8 Å². The summed E-state index contributed by atoms with van der Waals surface area (Å²) < 4.78 is 0. The van der Waals surface area contributed by atoms with Gasteiger partial charge in [-0.3, -0.25) is 0 Å². The Hall–Kier alpha value is -0.160. The third-order valence-electron chi connectivity index (χ3n) is 2.24. The predicted molar refractivity (Wildman–Crippen MR) is 72.2 cm³/mol. The van der Waals surface area contributed by atoms with Gasteiger partial charge in [-0.2, -0.15) is 0 Å². The van der Waals surface area contributed by atoms with Crippen LogP contribution in [0.15, 0.2) is 11.1 Å². The minimum Gasteiger partial charge on any atom is -0.307 e. The van der Waals surface area contributed by atoms with Gasteiger partial charge >= 0.3 is 0 Å². The minimum absolute atomic E-state index is 0.431. The molecule has 90 valence electrons. The van der Waals surface area contributed by atoms with Crippen LogP contribution in [-0.2, 0) is 0 Å². The number of hydrogen-bond donors (Lipinski definition) is 2. The van der Waals surface area contributed by atoms with E-state index in [0.717, 1.165) is 17.2 Å². The second-order valence-electron chi connectivity index (χ2n) is 3.57. The molecule has 3 nitrogen and oxygen atoms in total. The van der Waals surface area contributed by atoms with Crippen LogP contribution in [0.1, 0.15) is 20.3 Å². The van der Waals surface area contributed by atoms with E-state index in [1.54, 1.807) is 17.8 Å². The maximum atomic E-state index is 6.05. The number of aromatic nitrogens is 1. The Bertz CT molecular complexity index is 360. The van der Waals surface area contributed by atoms with E-state index in [9.17, 15) is 0 Å². The fourth-order valence-corrected chi connectivity index (χ4v) is 2.60.